The molecule has 0 spiro atoms. The van der Waals surface area contributed by atoms with Crippen LogP contribution in [0.5, 0.6) is 5.75 Å². The van der Waals surface area contributed by atoms with Crippen molar-refractivity contribution in [1.29, 1.82) is 0 Å². The van der Waals surface area contributed by atoms with Crippen molar-refractivity contribution in [3.63, 3.8) is 0 Å². The van der Waals surface area contributed by atoms with Crippen molar-refractivity contribution < 1.29 is 21.3 Å². The Morgan fingerprint density at radius 2 is 2.06 bits per heavy atom. The molecule has 0 saturated carbocycles. The zero-order valence-corrected chi connectivity index (χ0v) is 10.9. The molecule has 0 aromatic heterocycles. The van der Waals surface area contributed by atoms with Crippen LogP contribution >= 0.6 is 15.9 Å². The molecule has 0 aliphatic heterocycles. The fourth-order valence-electron chi connectivity index (χ4n) is 1.08. The summed E-state index contributed by atoms with van der Waals surface area (Å²) < 4.78 is 37.2. The molecule has 94 valence electrons. The number of rotatable bonds is 5. The molecule has 0 fully saturated rings. The van der Waals surface area contributed by atoms with Gasteiger partial charge in [0, 0.05) is 12.1 Å². The predicted octanol–water partition coefficient (Wildman–Crippen LogP) is 1.29. The molecule has 1 aromatic carbocycles. The maximum Gasteiger partial charge on any atom is 0.488 e. The summed E-state index contributed by atoms with van der Waals surface area (Å²) in [6, 6.07) is 5.94. The zero-order valence-electron chi connectivity index (χ0n) is 8.52. The normalized spacial score (nSPS) is 10.9. The number of carbonyl (C=O) groups excluding carboxylic acids is 1. The Labute approximate surface area is 107 Å². The van der Waals surface area contributed by atoms with E-state index in [-0.39, 0.29) is 23.5 Å². The van der Waals surface area contributed by atoms with Gasteiger partial charge in [-0.1, -0.05) is 38.0 Å². The molecule has 0 unspecified atom stereocenters. The smallest absolute Gasteiger partial charge is 0.358 e. The zero-order chi connectivity index (χ0) is 12.9. The standard InChI is InChI=1S/C9H9BrFNO4S/c10-5-9(13)12-6-7-3-1-2-4-8(7)16-17(11,14)15/h1-4H,5-6H2,(H,12,13). The van der Waals surface area contributed by atoms with Gasteiger partial charge in [-0.15, -0.1) is 0 Å². The van der Waals surface area contributed by atoms with Gasteiger partial charge in [0.1, 0.15) is 5.75 Å². The van der Waals surface area contributed by atoms with E-state index >= 15 is 0 Å². The molecule has 0 radical (unpaired) electrons. The van der Waals surface area contributed by atoms with Crippen LogP contribution in [0, 0.1) is 0 Å². The van der Waals surface area contributed by atoms with Gasteiger partial charge in [-0.05, 0) is 6.07 Å². The average Bonchev–Trinajstić information content (AvgIpc) is 2.25. The Bertz CT molecular complexity index is 505. The molecule has 5 nitrogen and oxygen atoms in total. The van der Waals surface area contributed by atoms with Crippen LogP contribution < -0.4 is 9.50 Å². The fourth-order valence-corrected chi connectivity index (χ4v) is 1.65. The number of carbonyl (C=O) groups is 1. The van der Waals surface area contributed by atoms with Crippen molar-refractivity contribution in [2.75, 3.05) is 5.33 Å². The second-order valence-electron chi connectivity index (χ2n) is 2.99. The molecule has 1 N–H and O–H groups in total. The summed E-state index contributed by atoms with van der Waals surface area (Å²) in [4.78, 5) is 11.0. The van der Waals surface area contributed by atoms with Gasteiger partial charge in [0.15, 0.2) is 0 Å². The maximum absolute atomic E-state index is 12.4. The summed E-state index contributed by atoms with van der Waals surface area (Å²) in [7, 11) is -5.07. The van der Waals surface area contributed by atoms with Crippen molar-refractivity contribution in [3.05, 3.63) is 29.8 Å². The number of nitrogens with one attached hydrogen (secondary N) is 1. The van der Waals surface area contributed by atoms with Gasteiger partial charge in [-0.3, -0.25) is 4.79 Å². The number of halogens is 2. The summed E-state index contributed by atoms with van der Waals surface area (Å²) in [5.41, 5.74) is 0.364. The lowest BCUT2D eigenvalue weighted by molar-refractivity contribution is -0.118. The first-order chi connectivity index (χ1) is 7.92. The number of hydrogen-bond acceptors (Lipinski definition) is 4. The minimum Gasteiger partial charge on any atom is -0.358 e. The van der Waals surface area contributed by atoms with Crippen LogP contribution in [0.4, 0.5) is 3.89 Å². The van der Waals surface area contributed by atoms with Crippen LogP contribution in [-0.4, -0.2) is 19.7 Å². The average molecular weight is 326 g/mol. The van der Waals surface area contributed by atoms with Gasteiger partial charge in [-0.2, -0.15) is 8.42 Å². The lowest BCUT2D eigenvalue weighted by Crippen LogP contribution is -2.23. The van der Waals surface area contributed by atoms with E-state index in [4.69, 9.17) is 0 Å². The molecule has 0 bridgehead atoms. The van der Waals surface area contributed by atoms with Crippen molar-refractivity contribution in [2.45, 2.75) is 6.54 Å². The third kappa shape index (κ3) is 5.14. The van der Waals surface area contributed by atoms with Crippen LogP contribution in [0.1, 0.15) is 5.56 Å². The van der Waals surface area contributed by atoms with E-state index in [1.54, 1.807) is 6.07 Å². The van der Waals surface area contributed by atoms with Gasteiger partial charge in [0.2, 0.25) is 5.91 Å². The summed E-state index contributed by atoms with van der Waals surface area (Å²) >= 11 is 2.96. The third-order valence-corrected chi connectivity index (χ3v) is 2.65. The number of alkyl halides is 1. The first-order valence-corrected chi connectivity index (χ1v) is 6.90. The highest BCUT2D eigenvalue weighted by atomic mass is 79.9. The van der Waals surface area contributed by atoms with E-state index in [1.165, 1.54) is 18.2 Å². The van der Waals surface area contributed by atoms with Gasteiger partial charge >= 0.3 is 10.5 Å². The number of amides is 1. The van der Waals surface area contributed by atoms with E-state index in [9.17, 15) is 17.1 Å². The first-order valence-electron chi connectivity index (χ1n) is 4.47. The van der Waals surface area contributed by atoms with E-state index < -0.39 is 10.5 Å². The lowest BCUT2D eigenvalue weighted by Gasteiger charge is -2.08. The van der Waals surface area contributed by atoms with Gasteiger partial charge in [0.25, 0.3) is 0 Å². The fraction of sp³-hybridized carbons (Fsp3) is 0.222. The molecule has 0 saturated heterocycles. The molecule has 0 aliphatic rings. The summed E-state index contributed by atoms with van der Waals surface area (Å²) in [5.74, 6) is -0.423. The second-order valence-corrected chi connectivity index (χ2v) is 4.51. The van der Waals surface area contributed by atoms with Crippen molar-refractivity contribution >= 4 is 32.3 Å². The molecule has 0 aliphatic carbocycles. The molecule has 17 heavy (non-hydrogen) atoms. The summed E-state index contributed by atoms with van der Waals surface area (Å²) in [6.07, 6.45) is 0. The maximum atomic E-state index is 12.4. The Hall–Kier alpha value is -1.15. The minimum absolute atomic E-state index is 0.0517. The predicted molar refractivity (Wildman–Crippen MR) is 62.7 cm³/mol. The van der Waals surface area contributed by atoms with Crippen LogP contribution in [-0.2, 0) is 21.8 Å². The highest BCUT2D eigenvalue weighted by Crippen LogP contribution is 2.20. The van der Waals surface area contributed by atoms with Crippen LogP contribution in [0.25, 0.3) is 0 Å². The van der Waals surface area contributed by atoms with Crippen molar-refractivity contribution in [2.24, 2.45) is 0 Å². The highest BCUT2D eigenvalue weighted by Gasteiger charge is 2.13. The van der Waals surface area contributed by atoms with E-state index in [1.807, 2.05) is 0 Å². The number of benzene rings is 1. The second kappa shape index (κ2) is 5.97. The van der Waals surface area contributed by atoms with E-state index in [0.29, 0.717) is 5.56 Å². The van der Waals surface area contributed by atoms with Crippen LogP contribution in [0.2, 0.25) is 0 Å². The van der Waals surface area contributed by atoms with Gasteiger partial charge < -0.3 is 9.50 Å². The highest BCUT2D eigenvalue weighted by molar-refractivity contribution is 9.09. The molecule has 8 heteroatoms. The monoisotopic (exact) mass is 325 g/mol. The Morgan fingerprint density at radius 3 is 2.65 bits per heavy atom. The topological polar surface area (TPSA) is 72.5 Å². The van der Waals surface area contributed by atoms with Crippen molar-refractivity contribution in [3.8, 4) is 5.75 Å². The first kappa shape index (κ1) is 13.9. The van der Waals surface area contributed by atoms with Crippen LogP contribution in [0.15, 0.2) is 24.3 Å². The molecular weight excluding hydrogens is 317 g/mol. The van der Waals surface area contributed by atoms with Gasteiger partial charge in [-0.25, -0.2) is 0 Å². The van der Waals surface area contributed by atoms with Crippen molar-refractivity contribution in [1.82, 2.24) is 5.32 Å². The van der Waals surface area contributed by atoms with Crippen LogP contribution in [0.3, 0.4) is 0 Å². The summed E-state index contributed by atoms with van der Waals surface area (Å²) in [5, 5.41) is 2.61. The molecule has 0 atom stereocenters. The lowest BCUT2D eigenvalue weighted by atomic mass is 10.2. The largest absolute Gasteiger partial charge is 0.488 e. The number of para-hydroxylation sites is 1. The molecule has 0 heterocycles. The summed E-state index contributed by atoms with van der Waals surface area (Å²) in [6.45, 7) is 0.0517. The minimum atomic E-state index is -5.07. The van der Waals surface area contributed by atoms with E-state index in [2.05, 4.69) is 25.4 Å². The molecule has 1 rings (SSSR count). The third-order valence-electron chi connectivity index (χ3n) is 1.76. The Balaban J connectivity index is 2.81. The molecular formula is C9H9BrFNO4S. The molecule has 1 amide bonds. The quantitative estimate of drug-likeness (QED) is 0.654. The SMILES string of the molecule is O=C(CBr)NCc1ccccc1OS(=O)(=O)F. The molecule has 1 aromatic rings. The Kier molecular flexibility index (Phi) is 4.88. The van der Waals surface area contributed by atoms with Gasteiger partial charge in [0.05, 0.1) is 5.33 Å². The Morgan fingerprint density at radius 1 is 1.41 bits per heavy atom. The van der Waals surface area contributed by atoms with E-state index in [0.717, 1.165) is 0 Å². The number of hydrogen-bond donors (Lipinski definition) is 1.